The summed E-state index contributed by atoms with van der Waals surface area (Å²) in [5, 5.41) is 8.92. The lowest BCUT2D eigenvalue weighted by Crippen LogP contribution is -2.27. The number of sulfonamides is 1. The van der Waals surface area contributed by atoms with E-state index in [2.05, 4.69) is 9.71 Å². The molecule has 0 unspecified atom stereocenters. The Labute approximate surface area is 110 Å². The first-order valence-corrected chi connectivity index (χ1v) is 7.17. The van der Waals surface area contributed by atoms with Crippen LogP contribution in [-0.2, 0) is 23.2 Å². The molecule has 7 nitrogen and oxygen atoms in total. The maximum Gasteiger partial charge on any atom is 0.244 e. The third-order valence-electron chi connectivity index (χ3n) is 2.59. The first-order chi connectivity index (χ1) is 9.03. The average molecular weight is 285 g/mol. The van der Waals surface area contributed by atoms with Crippen molar-refractivity contribution in [1.82, 2.24) is 14.3 Å². The molecule has 0 radical (unpaired) electrons. The van der Waals surface area contributed by atoms with E-state index in [1.165, 1.54) is 6.07 Å². The van der Waals surface area contributed by atoms with Crippen LogP contribution in [0.5, 0.6) is 0 Å². The fourth-order valence-corrected chi connectivity index (χ4v) is 2.90. The van der Waals surface area contributed by atoms with Crippen LogP contribution in [0.15, 0.2) is 34.1 Å². The van der Waals surface area contributed by atoms with Gasteiger partial charge in [-0.3, -0.25) is 0 Å². The molecule has 0 aliphatic heterocycles. The molecule has 8 heteroatoms. The summed E-state index contributed by atoms with van der Waals surface area (Å²) >= 11 is 0. The lowest BCUT2D eigenvalue weighted by atomic mass is 10.4. The van der Waals surface area contributed by atoms with Crippen LogP contribution in [0.4, 0.5) is 0 Å². The van der Waals surface area contributed by atoms with Gasteiger partial charge in [0.1, 0.15) is 23.0 Å². The van der Waals surface area contributed by atoms with E-state index in [1.807, 2.05) is 0 Å². The number of hydrogen-bond acceptors (Lipinski definition) is 5. The highest BCUT2D eigenvalue weighted by atomic mass is 32.2. The van der Waals surface area contributed by atoms with Crippen molar-refractivity contribution in [3.8, 4) is 0 Å². The van der Waals surface area contributed by atoms with E-state index in [0.717, 1.165) is 0 Å². The van der Waals surface area contributed by atoms with Gasteiger partial charge in [-0.1, -0.05) is 0 Å². The van der Waals surface area contributed by atoms with Gasteiger partial charge in [0.25, 0.3) is 0 Å². The van der Waals surface area contributed by atoms with E-state index in [-0.39, 0.29) is 29.6 Å². The molecule has 2 aromatic rings. The molecule has 0 atom stereocenters. The van der Waals surface area contributed by atoms with Crippen LogP contribution < -0.4 is 4.72 Å². The molecule has 19 heavy (non-hydrogen) atoms. The number of furan rings is 1. The maximum atomic E-state index is 12.0. The van der Waals surface area contributed by atoms with Gasteiger partial charge in [0.15, 0.2) is 0 Å². The molecule has 0 bridgehead atoms. The van der Waals surface area contributed by atoms with Crippen molar-refractivity contribution in [2.24, 2.45) is 0 Å². The molecule has 2 aromatic heterocycles. The standard InChI is InChI=1S/C11H15N3O4S/c1-9-11(6-10(7-15)18-9)19(16,17)13-3-5-14-4-2-12-8-14/h2,4,6,8,13,15H,3,5,7H2,1H3. The van der Waals surface area contributed by atoms with E-state index in [0.29, 0.717) is 6.54 Å². The van der Waals surface area contributed by atoms with E-state index in [9.17, 15) is 8.42 Å². The van der Waals surface area contributed by atoms with E-state index in [1.54, 1.807) is 30.2 Å². The molecule has 0 saturated heterocycles. The van der Waals surface area contributed by atoms with E-state index in [4.69, 9.17) is 9.52 Å². The second kappa shape index (κ2) is 5.55. The number of rotatable bonds is 6. The smallest absolute Gasteiger partial charge is 0.244 e. The predicted octanol–water partition coefficient (Wildman–Crippen LogP) is 0.255. The van der Waals surface area contributed by atoms with Crippen LogP contribution in [0.2, 0.25) is 0 Å². The summed E-state index contributed by atoms with van der Waals surface area (Å²) < 4.78 is 33.4. The fourth-order valence-electron chi connectivity index (χ4n) is 1.67. The monoisotopic (exact) mass is 285 g/mol. The lowest BCUT2D eigenvalue weighted by molar-refractivity contribution is 0.244. The maximum absolute atomic E-state index is 12.0. The Morgan fingerprint density at radius 3 is 2.89 bits per heavy atom. The molecule has 0 spiro atoms. The molecule has 2 N–H and O–H groups in total. The van der Waals surface area contributed by atoms with Crippen LogP contribution in [0, 0.1) is 6.92 Å². The summed E-state index contributed by atoms with van der Waals surface area (Å²) in [4.78, 5) is 3.92. The Morgan fingerprint density at radius 1 is 1.53 bits per heavy atom. The summed E-state index contributed by atoms with van der Waals surface area (Å²) in [7, 11) is -3.62. The van der Waals surface area contributed by atoms with Crippen molar-refractivity contribution in [2.45, 2.75) is 25.0 Å². The lowest BCUT2D eigenvalue weighted by Gasteiger charge is -2.05. The number of aliphatic hydroxyl groups excluding tert-OH is 1. The van der Waals surface area contributed by atoms with Gasteiger partial charge >= 0.3 is 0 Å². The molecule has 0 aromatic carbocycles. The minimum atomic E-state index is -3.62. The summed E-state index contributed by atoms with van der Waals surface area (Å²) in [6.45, 7) is 1.95. The van der Waals surface area contributed by atoms with Crippen LogP contribution in [-0.4, -0.2) is 29.6 Å². The molecule has 104 valence electrons. The van der Waals surface area contributed by atoms with Gasteiger partial charge in [0.2, 0.25) is 10.0 Å². The summed E-state index contributed by atoms with van der Waals surface area (Å²) in [6.07, 6.45) is 4.99. The number of hydrogen-bond donors (Lipinski definition) is 2. The van der Waals surface area contributed by atoms with Gasteiger partial charge in [0, 0.05) is 31.5 Å². The minimum absolute atomic E-state index is 0.0576. The SMILES string of the molecule is Cc1oc(CO)cc1S(=O)(=O)NCCn1ccnc1. The van der Waals surface area contributed by atoms with Crippen molar-refractivity contribution >= 4 is 10.0 Å². The van der Waals surface area contributed by atoms with Gasteiger partial charge in [-0.2, -0.15) is 0 Å². The predicted molar refractivity (Wildman–Crippen MR) is 66.8 cm³/mol. The summed E-state index contributed by atoms with van der Waals surface area (Å²) in [6, 6.07) is 1.33. The van der Waals surface area contributed by atoms with Gasteiger partial charge in [0.05, 0.1) is 6.33 Å². The topological polar surface area (TPSA) is 97.4 Å². The van der Waals surface area contributed by atoms with Gasteiger partial charge < -0.3 is 14.1 Å². The van der Waals surface area contributed by atoms with Crippen LogP contribution >= 0.6 is 0 Å². The normalized spacial score (nSPS) is 11.9. The largest absolute Gasteiger partial charge is 0.462 e. The average Bonchev–Trinajstić information content (AvgIpc) is 2.98. The Kier molecular flexibility index (Phi) is 4.03. The molecule has 0 aliphatic rings. The Morgan fingerprint density at radius 2 is 2.32 bits per heavy atom. The number of nitrogens with one attached hydrogen (secondary N) is 1. The second-order valence-electron chi connectivity index (χ2n) is 3.99. The van der Waals surface area contributed by atoms with Gasteiger partial charge in [-0.05, 0) is 6.92 Å². The van der Waals surface area contributed by atoms with Crippen molar-refractivity contribution in [3.05, 3.63) is 36.3 Å². The van der Waals surface area contributed by atoms with Gasteiger partial charge in [-0.15, -0.1) is 0 Å². The van der Waals surface area contributed by atoms with E-state index >= 15 is 0 Å². The van der Waals surface area contributed by atoms with Crippen LogP contribution in [0.25, 0.3) is 0 Å². The molecule has 0 fully saturated rings. The first kappa shape index (κ1) is 13.8. The molecule has 2 heterocycles. The number of aromatic nitrogens is 2. The third-order valence-corrected chi connectivity index (χ3v) is 4.16. The second-order valence-corrected chi connectivity index (χ2v) is 5.72. The van der Waals surface area contributed by atoms with Crippen LogP contribution in [0.3, 0.4) is 0 Å². The minimum Gasteiger partial charge on any atom is -0.462 e. The molecular weight excluding hydrogens is 270 g/mol. The van der Waals surface area contributed by atoms with Crippen molar-refractivity contribution in [3.63, 3.8) is 0 Å². The first-order valence-electron chi connectivity index (χ1n) is 5.68. The van der Waals surface area contributed by atoms with Crippen molar-refractivity contribution < 1.29 is 17.9 Å². The van der Waals surface area contributed by atoms with E-state index < -0.39 is 10.0 Å². The molecule has 0 amide bonds. The molecule has 0 aliphatic carbocycles. The Balaban J connectivity index is 2.03. The highest BCUT2D eigenvalue weighted by Gasteiger charge is 2.20. The number of imidazole rings is 1. The highest BCUT2D eigenvalue weighted by Crippen LogP contribution is 2.19. The van der Waals surface area contributed by atoms with Crippen molar-refractivity contribution in [2.75, 3.05) is 6.54 Å². The zero-order chi connectivity index (χ0) is 13.9. The number of aryl methyl sites for hydroxylation is 1. The third kappa shape index (κ3) is 3.22. The number of aliphatic hydroxyl groups is 1. The molecular formula is C11H15N3O4S. The zero-order valence-electron chi connectivity index (χ0n) is 10.4. The van der Waals surface area contributed by atoms with Crippen LogP contribution in [0.1, 0.15) is 11.5 Å². The van der Waals surface area contributed by atoms with Crippen molar-refractivity contribution in [1.29, 1.82) is 0 Å². The Bertz CT molecular complexity index is 631. The van der Waals surface area contributed by atoms with Gasteiger partial charge in [-0.25, -0.2) is 18.1 Å². The summed E-state index contributed by atoms with van der Waals surface area (Å²) in [5.41, 5.74) is 0. The zero-order valence-corrected chi connectivity index (χ0v) is 11.2. The number of nitrogens with zero attached hydrogens (tertiary/aromatic N) is 2. The Hall–Kier alpha value is -1.64. The molecule has 0 saturated carbocycles. The fraction of sp³-hybridized carbons (Fsp3) is 0.364. The molecule has 2 rings (SSSR count). The quantitative estimate of drug-likeness (QED) is 0.793. The summed E-state index contributed by atoms with van der Waals surface area (Å²) in [5.74, 6) is 0.492. The highest BCUT2D eigenvalue weighted by molar-refractivity contribution is 7.89.